The minimum absolute atomic E-state index is 0.144. The number of thiol groups is 1. The predicted octanol–water partition coefficient (Wildman–Crippen LogP) is 3.41. The normalized spacial score (nSPS) is 10.7. The van der Waals surface area contributed by atoms with Crippen LogP contribution in [0.15, 0.2) is 22.4 Å². The molecule has 0 aliphatic carbocycles. The lowest BCUT2D eigenvalue weighted by molar-refractivity contribution is -0.383. The fraction of sp³-hybridized carbons (Fsp3) is 0.111. The van der Waals surface area contributed by atoms with Crippen LogP contribution in [-0.4, -0.2) is 4.92 Å². The first kappa shape index (κ1) is 9.48. The lowest BCUT2D eigenvalue weighted by Crippen LogP contribution is -1.89. The van der Waals surface area contributed by atoms with Gasteiger partial charge in [-0.1, -0.05) is 0 Å². The zero-order chi connectivity index (χ0) is 10.3. The van der Waals surface area contributed by atoms with E-state index in [0.29, 0.717) is 4.90 Å². The molecule has 0 N–H and O–H groups in total. The fourth-order valence-corrected chi connectivity index (χ4v) is 2.57. The molecule has 0 aliphatic heterocycles. The maximum Gasteiger partial charge on any atom is 0.288 e. The molecule has 1 aromatic heterocycles. The summed E-state index contributed by atoms with van der Waals surface area (Å²) in [4.78, 5) is 11.1. The molecule has 0 aliphatic rings. The number of nitro groups is 1. The van der Waals surface area contributed by atoms with E-state index in [4.69, 9.17) is 0 Å². The SMILES string of the molecule is Cc1c(S)cc([N+](=O)[O-])c2sccc12. The number of benzene rings is 1. The summed E-state index contributed by atoms with van der Waals surface area (Å²) in [6.07, 6.45) is 0. The van der Waals surface area contributed by atoms with Gasteiger partial charge in [0.15, 0.2) is 0 Å². The van der Waals surface area contributed by atoms with Crippen molar-refractivity contribution in [1.29, 1.82) is 0 Å². The Bertz CT molecular complexity index is 519. The number of nitrogens with zero attached hydrogens (tertiary/aromatic N) is 1. The van der Waals surface area contributed by atoms with Gasteiger partial charge in [0.05, 0.1) is 4.92 Å². The third-order valence-electron chi connectivity index (χ3n) is 2.16. The maximum absolute atomic E-state index is 10.8. The second kappa shape index (κ2) is 3.25. The third kappa shape index (κ3) is 1.29. The van der Waals surface area contributed by atoms with E-state index >= 15 is 0 Å². The van der Waals surface area contributed by atoms with Crippen LogP contribution < -0.4 is 0 Å². The van der Waals surface area contributed by atoms with Crippen molar-refractivity contribution < 1.29 is 4.92 Å². The van der Waals surface area contributed by atoms with Crippen molar-refractivity contribution in [2.75, 3.05) is 0 Å². The highest BCUT2D eigenvalue weighted by molar-refractivity contribution is 7.80. The topological polar surface area (TPSA) is 43.1 Å². The summed E-state index contributed by atoms with van der Waals surface area (Å²) >= 11 is 5.60. The minimum Gasteiger partial charge on any atom is -0.258 e. The Kier molecular flexibility index (Phi) is 2.20. The second-order valence-corrected chi connectivity index (χ2v) is 4.36. The van der Waals surface area contributed by atoms with E-state index in [1.165, 1.54) is 17.4 Å². The molecule has 0 bridgehead atoms. The molecule has 1 aromatic carbocycles. The molecule has 3 nitrogen and oxygen atoms in total. The molecule has 0 saturated carbocycles. The summed E-state index contributed by atoms with van der Waals surface area (Å²) in [7, 11) is 0. The summed E-state index contributed by atoms with van der Waals surface area (Å²) in [6.45, 7) is 1.92. The van der Waals surface area contributed by atoms with Crippen LogP contribution in [-0.2, 0) is 0 Å². The molecule has 0 radical (unpaired) electrons. The van der Waals surface area contributed by atoms with Crippen LogP contribution in [0.1, 0.15) is 5.56 Å². The van der Waals surface area contributed by atoms with E-state index in [0.717, 1.165) is 15.6 Å². The number of rotatable bonds is 1. The van der Waals surface area contributed by atoms with Gasteiger partial charge in [-0.25, -0.2) is 0 Å². The summed E-state index contributed by atoms with van der Waals surface area (Å²) in [6, 6.07) is 3.40. The van der Waals surface area contributed by atoms with Crippen LogP contribution in [0.3, 0.4) is 0 Å². The smallest absolute Gasteiger partial charge is 0.258 e. The summed E-state index contributed by atoms with van der Waals surface area (Å²) in [5, 5.41) is 13.5. The Morgan fingerprint density at radius 2 is 2.29 bits per heavy atom. The van der Waals surface area contributed by atoms with Gasteiger partial charge in [-0.15, -0.1) is 24.0 Å². The molecule has 0 atom stereocenters. The quantitative estimate of drug-likeness (QED) is 0.459. The zero-order valence-electron chi connectivity index (χ0n) is 7.35. The lowest BCUT2D eigenvalue weighted by Gasteiger charge is -2.01. The standard InChI is InChI=1S/C9H7NO2S2/c1-5-6-2-3-14-9(6)7(10(11)12)4-8(5)13/h2-4,13H,1H3. The molecule has 0 fully saturated rings. The molecule has 14 heavy (non-hydrogen) atoms. The molecule has 5 heteroatoms. The van der Waals surface area contributed by atoms with E-state index in [9.17, 15) is 10.1 Å². The van der Waals surface area contributed by atoms with Crippen LogP contribution >= 0.6 is 24.0 Å². The Morgan fingerprint density at radius 1 is 1.57 bits per heavy atom. The average molecular weight is 225 g/mol. The Hall–Kier alpha value is -1.07. The molecular weight excluding hydrogens is 218 g/mol. The van der Waals surface area contributed by atoms with Crippen LogP contribution in [0.2, 0.25) is 0 Å². The largest absolute Gasteiger partial charge is 0.288 e. The van der Waals surface area contributed by atoms with Gasteiger partial charge in [0.1, 0.15) is 4.70 Å². The maximum atomic E-state index is 10.8. The fourth-order valence-electron chi connectivity index (χ4n) is 1.38. The number of non-ortho nitro benzene ring substituents is 1. The number of nitro benzene ring substituents is 1. The number of hydrogen-bond donors (Lipinski definition) is 1. The van der Waals surface area contributed by atoms with Gasteiger partial charge in [-0.05, 0) is 23.9 Å². The predicted molar refractivity (Wildman–Crippen MR) is 60.5 cm³/mol. The second-order valence-electron chi connectivity index (χ2n) is 2.96. The van der Waals surface area contributed by atoms with Gasteiger partial charge in [0.25, 0.3) is 5.69 Å². The van der Waals surface area contributed by atoms with Gasteiger partial charge in [-0.2, -0.15) is 0 Å². The molecule has 2 aromatic rings. The van der Waals surface area contributed by atoms with Crippen LogP contribution in [0, 0.1) is 17.0 Å². The average Bonchev–Trinajstić information content (AvgIpc) is 2.59. The van der Waals surface area contributed by atoms with Crippen molar-refractivity contribution in [3.8, 4) is 0 Å². The van der Waals surface area contributed by atoms with E-state index < -0.39 is 0 Å². The number of aryl methyl sites for hydroxylation is 1. The first-order chi connectivity index (χ1) is 6.61. The van der Waals surface area contributed by atoms with Crippen molar-refractivity contribution in [1.82, 2.24) is 0 Å². The number of thiophene rings is 1. The number of hydrogen-bond acceptors (Lipinski definition) is 4. The Labute approximate surface area is 89.9 Å². The Morgan fingerprint density at radius 3 is 2.93 bits per heavy atom. The zero-order valence-corrected chi connectivity index (χ0v) is 9.06. The molecule has 0 saturated heterocycles. The van der Waals surface area contributed by atoms with Crippen molar-refractivity contribution in [2.45, 2.75) is 11.8 Å². The van der Waals surface area contributed by atoms with Gasteiger partial charge >= 0.3 is 0 Å². The van der Waals surface area contributed by atoms with E-state index in [1.54, 1.807) is 0 Å². The van der Waals surface area contributed by atoms with Gasteiger partial charge in [0.2, 0.25) is 0 Å². The molecule has 1 heterocycles. The number of fused-ring (bicyclic) bond motifs is 1. The van der Waals surface area contributed by atoms with E-state index in [-0.39, 0.29) is 10.6 Å². The third-order valence-corrected chi connectivity index (χ3v) is 3.56. The first-order valence-electron chi connectivity index (χ1n) is 3.95. The summed E-state index contributed by atoms with van der Waals surface area (Å²) in [5.41, 5.74) is 1.14. The van der Waals surface area contributed by atoms with Crippen LogP contribution in [0.25, 0.3) is 10.1 Å². The summed E-state index contributed by atoms with van der Waals surface area (Å²) in [5.74, 6) is 0. The van der Waals surface area contributed by atoms with E-state index in [2.05, 4.69) is 12.6 Å². The van der Waals surface area contributed by atoms with Gasteiger partial charge < -0.3 is 0 Å². The van der Waals surface area contributed by atoms with E-state index in [1.807, 2.05) is 18.4 Å². The highest BCUT2D eigenvalue weighted by atomic mass is 32.1. The van der Waals surface area contributed by atoms with Crippen LogP contribution in [0.5, 0.6) is 0 Å². The van der Waals surface area contributed by atoms with Gasteiger partial charge in [-0.3, -0.25) is 10.1 Å². The van der Waals surface area contributed by atoms with Crippen molar-refractivity contribution in [2.24, 2.45) is 0 Å². The molecular formula is C9H7NO2S2. The lowest BCUT2D eigenvalue weighted by atomic mass is 10.1. The molecule has 0 unspecified atom stereocenters. The highest BCUT2D eigenvalue weighted by Gasteiger charge is 2.16. The monoisotopic (exact) mass is 225 g/mol. The van der Waals surface area contributed by atoms with Crippen molar-refractivity contribution in [3.63, 3.8) is 0 Å². The molecule has 0 spiro atoms. The first-order valence-corrected chi connectivity index (χ1v) is 5.28. The van der Waals surface area contributed by atoms with Crippen molar-refractivity contribution >= 4 is 39.7 Å². The molecule has 2 rings (SSSR count). The molecule has 72 valence electrons. The molecule has 0 amide bonds. The van der Waals surface area contributed by atoms with Gasteiger partial charge in [0, 0.05) is 16.3 Å². The summed E-state index contributed by atoms with van der Waals surface area (Å²) < 4.78 is 0.727. The highest BCUT2D eigenvalue weighted by Crippen LogP contribution is 2.36. The Balaban J connectivity index is 2.91. The van der Waals surface area contributed by atoms with Crippen LogP contribution in [0.4, 0.5) is 5.69 Å². The van der Waals surface area contributed by atoms with Crippen molar-refractivity contribution in [3.05, 3.63) is 33.2 Å². The minimum atomic E-state index is -0.363.